The summed E-state index contributed by atoms with van der Waals surface area (Å²) < 4.78 is 10.4. The average molecular weight is 360 g/mol. The molecule has 148 valence electrons. The lowest BCUT2D eigenvalue weighted by atomic mass is 10.1. The summed E-state index contributed by atoms with van der Waals surface area (Å²) >= 11 is 0. The number of hydrogen-bond acceptors (Lipinski definition) is 6. The fourth-order valence-corrected chi connectivity index (χ4v) is 3.15. The van der Waals surface area contributed by atoms with Crippen molar-refractivity contribution in [2.75, 3.05) is 13.2 Å². The molecular formula is C19H36O6. The molecule has 2 unspecified atom stereocenters. The highest BCUT2D eigenvalue weighted by molar-refractivity contribution is 5.69. The lowest BCUT2D eigenvalue weighted by Gasteiger charge is -2.24. The van der Waals surface area contributed by atoms with E-state index >= 15 is 0 Å². The summed E-state index contributed by atoms with van der Waals surface area (Å²) in [4.78, 5) is 11.9. The average Bonchev–Trinajstić information content (AvgIpc) is 2.93. The fourth-order valence-electron chi connectivity index (χ4n) is 3.15. The molecule has 0 amide bonds. The van der Waals surface area contributed by atoms with Crippen molar-refractivity contribution in [3.63, 3.8) is 0 Å². The monoisotopic (exact) mass is 360 g/mol. The first kappa shape index (κ1) is 22.4. The fraction of sp³-hybridized carbons (Fsp3) is 0.947. The van der Waals surface area contributed by atoms with Crippen molar-refractivity contribution in [2.24, 2.45) is 0 Å². The smallest absolute Gasteiger partial charge is 0.306 e. The summed E-state index contributed by atoms with van der Waals surface area (Å²) in [6, 6.07) is 0. The van der Waals surface area contributed by atoms with Crippen molar-refractivity contribution in [2.45, 2.75) is 102 Å². The van der Waals surface area contributed by atoms with E-state index in [9.17, 15) is 20.1 Å². The maximum absolute atomic E-state index is 11.9. The molecule has 1 fully saturated rings. The van der Waals surface area contributed by atoms with Gasteiger partial charge in [-0.2, -0.15) is 0 Å². The molecule has 1 saturated heterocycles. The highest BCUT2D eigenvalue weighted by atomic mass is 16.6. The van der Waals surface area contributed by atoms with Gasteiger partial charge in [0, 0.05) is 6.42 Å². The Kier molecular flexibility index (Phi) is 12.1. The SMILES string of the molecule is CCCCCCCCCCCCC(=O)OC(CO)C1OC[C@@H](O)[C@H]1O. The minimum Gasteiger partial charge on any atom is -0.457 e. The van der Waals surface area contributed by atoms with Gasteiger partial charge in [0.25, 0.3) is 0 Å². The molecule has 3 N–H and O–H groups in total. The number of ether oxygens (including phenoxy) is 2. The third kappa shape index (κ3) is 8.99. The van der Waals surface area contributed by atoms with Crippen LogP contribution in [0.1, 0.15) is 77.6 Å². The molecule has 0 saturated carbocycles. The van der Waals surface area contributed by atoms with Crippen LogP contribution >= 0.6 is 0 Å². The van der Waals surface area contributed by atoms with Crippen molar-refractivity contribution in [1.29, 1.82) is 0 Å². The predicted molar refractivity (Wildman–Crippen MR) is 95.2 cm³/mol. The molecule has 0 spiro atoms. The van der Waals surface area contributed by atoms with E-state index in [0.29, 0.717) is 6.42 Å². The lowest BCUT2D eigenvalue weighted by Crippen LogP contribution is -2.43. The van der Waals surface area contributed by atoms with Gasteiger partial charge in [-0.15, -0.1) is 0 Å². The second-order valence-electron chi connectivity index (χ2n) is 7.00. The van der Waals surface area contributed by atoms with Crippen molar-refractivity contribution < 1.29 is 29.6 Å². The molecule has 0 aromatic heterocycles. The van der Waals surface area contributed by atoms with E-state index in [1.54, 1.807) is 0 Å². The van der Waals surface area contributed by atoms with Crippen molar-refractivity contribution in [3.8, 4) is 0 Å². The normalized spacial score (nSPS) is 24.4. The van der Waals surface area contributed by atoms with E-state index in [2.05, 4.69) is 6.92 Å². The summed E-state index contributed by atoms with van der Waals surface area (Å²) in [5.41, 5.74) is 0. The Morgan fingerprint density at radius 1 is 1.04 bits per heavy atom. The van der Waals surface area contributed by atoms with Crippen molar-refractivity contribution in [1.82, 2.24) is 0 Å². The summed E-state index contributed by atoms with van der Waals surface area (Å²) in [6.45, 7) is 1.77. The molecule has 0 bridgehead atoms. The molecule has 6 nitrogen and oxygen atoms in total. The summed E-state index contributed by atoms with van der Waals surface area (Å²) in [6.07, 6.45) is 8.31. The first-order chi connectivity index (χ1) is 12.1. The molecule has 0 radical (unpaired) electrons. The second-order valence-corrected chi connectivity index (χ2v) is 7.00. The van der Waals surface area contributed by atoms with Gasteiger partial charge in [-0.1, -0.05) is 64.7 Å². The van der Waals surface area contributed by atoms with Gasteiger partial charge in [-0.25, -0.2) is 0 Å². The van der Waals surface area contributed by atoms with Crippen LogP contribution in [0.4, 0.5) is 0 Å². The van der Waals surface area contributed by atoms with Gasteiger partial charge >= 0.3 is 5.97 Å². The minimum atomic E-state index is -1.14. The molecule has 1 rings (SSSR count). The highest BCUT2D eigenvalue weighted by Gasteiger charge is 2.41. The third-order valence-corrected chi connectivity index (χ3v) is 4.75. The Labute approximate surface area is 151 Å². The van der Waals surface area contributed by atoms with Gasteiger partial charge in [-0.3, -0.25) is 4.79 Å². The molecule has 6 heteroatoms. The first-order valence-electron chi connectivity index (χ1n) is 9.88. The quantitative estimate of drug-likeness (QED) is 0.325. The zero-order chi connectivity index (χ0) is 18.5. The number of carbonyl (C=O) groups excluding carboxylic acids is 1. The second kappa shape index (κ2) is 13.5. The number of unbranched alkanes of at least 4 members (excludes halogenated alkanes) is 9. The van der Waals surface area contributed by atoms with Gasteiger partial charge < -0.3 is 24.8 Å². The van der Waals surface area contributed by atoms with Crippen molar-refractivity contribution >= 4 is 5.97 Å². The summed E-state index contributed by atoms with van der Waals surface area (Å²) in [5.74, 6) is -0.393. The minimum absolute atomic E-state index is 0.0155. The zero-order valence-corrected chi connectivity index (χ0v) is 15.6. The van der Waals surface area contributed by atoms with E-state index in [4.69, 9.17) is 9.47 Å². The zero-order valence-electron chi connectivity index (χ0n) is 15.6. The van der Waals surface area contributed by atoms with Gasteiger partial charge in [-0.05, 0) is 6.42 Å². The number of aliphatic hydroxyl groups is 3. The molecule has 1 aliphatic heterocycles. The van der Waals surface area contributed by atoms with Crippen LogP contribution < -0.4 is 0 Å². The van der Waals surface area contributed by atoms with Crippen LogP contribution in [0.5, 0.6) is 0 Å². The molecule has 25 heavy (non-hydrogen) atoms. The van der Waals surface area contributed by atoms with Crippen molar-refractivity contribution in [3.05, 3.63) is 0 Å². The standard InChI is InChI=1S/C19H36O6/c1-2-3-4-5-6-7-8-9-10-11-12-17(22)25-16(13-20)19-18(23)15(21)14-24-19/h15-16,18-21,23H,2-14H2,1H3/t15-,16?,18-,19?/m1/s1. The Morgan fingerprint density at radius 3 is 2.08 bits per heavy atom. The van der Waals surface area contributed by atoms with Crippen LogP contribution in [0.2, 0.25) is 0 Å². The predicted octanol–water partition coefficient (Wildman–Crippen LogP) is 2.32. The number of rotatable bonds is 14. The Hall–Kier alpha value is -0.690. The highest BCUT2D eigenvalue weighted by Crippen LogP contribution is 2.20. The number of hydrogen-bond donors (Lipinski definition) is 3. The van der Waals surface area contributed by atoms with Crippen LogP contribution in [0.25, 0.3) is 0 Å². The van der Waals surface area contributed by atoms with Gasteiger partial charge in [0.15, 0.2) is 6.10 Å². The van der Waals surface area contributed by atoms with E-state index in [1.807, 2.05) is 0 Å². The summed E-state index contributed by atoms with van der Waals surface area (Å²) in [7, 11) is 0. The summed E-state index contributed by atoms with van der Waals surface area (Å²) in [5, 5.41) is 28.5. The third-order valence-electron chi connectivity index (χ3n) is 4.75. The Bertz CT molecular complexity index is 349. The molecule has 4 atom stereocenters. The molecule has 0 aliphatic carbocycles. The first-order valence-corrected chi connectivity index (χ1v) is 9.88. The largest absolute Gasteiger partial charge is 0.457 e. The number of esters is 1. The maximum Gasteiger partial charge on any atom is 0.306 e. The van der Waals surface area contributed by atoms with Gasteiger partial charge in [0.05, 0.1) is 13.2 Å². The van der Waals surface area contributed by atoms with E-state index in [1.165, 1.54) is 44.9 Å². The Balaban J connectivity index is 2.04. The van der Waals surface area contributed by atoms with E-state index in [0.717, 1.165) is 19.3 Å². The van der Waals surface area contributed by atoms with Gasteiger partial charge in [0.1, 0.15) is 18.3 Å². The topological polar surface area (TPSA) is 96.2 Å². The molecule has 0 aromatic carbocycles. The lowest BCUT2D eigenvalue weighted by molar-refractivity contribution is -0.162. The molecule has 0 aromatic rings. The van der Waals surface area contributed by atoms with E-state index in [-0.39, 0.29) is 6.61 Å². The molecular weight excluding hydrogens is 324 g/mol. The number of aliphatic hydroxyl groups excluding tert-OH is 3. The van der Waals surface area contributed by atoms with E-state index < -0.39 is 37.0 Å². The van der Waals surface area contributed by atoms with Crippen LogP contribution in [0.3, 0.4) is 0 Å². The van der Waals surface area contributed by atoms with Crippen LogP contribution in [0, 0.1) is 0 Å². The van der Waals surface area contributed by atoms with Crippen LogP contribution in [-0.4, -0.2) is 58.9 Å². The van der Waals surface area contributed by atoms with Crippen LogP contribution in [0.15, 0.2) is 0 Å². The Morgan fingerprint density at radius 2 is 1.60 bits per heavy atom. The molecule has 1 heterocycles. The maximum atomic E-state index is 11.9. The van der Waals surface area contributed by atoms with Crippen LogP contribution in [-0.2, 0) is 14.3 Å². The van der Waals surface area contributed by atoms with Gasteiger partial charge in [0.2, 0.25) is 0 Å². The molecule has 1 aliphatic rings. The number of carbonyl (C=O) groups is 1.